The fourth-order valence-electron chi connectivity index (χ4n) is 7.41. The molecule has 266 valence electrons. The Balaban J connectivity index is 1.52. The lowest BCUT2D eigenvalue weighted by molar-refractivity contribution is -0.445. The molecule has 2 unspecified atom stereocenters. The molecule has 11 heteroatoms. The smallest absolute Gasteiger partial charge is 0.309 e. The number of carbonyl (C=O) groups is 3. The van der Waals surface area contributed by atoms with Crippen LogP contribution in [-0.4, -0.2) is 84.2 Å². The molecular weight excluding hydrogens is 654 g/mol. The van der Waals surface area contributed by atoms with E-state index in [0.717, 1.165) is 0 Å². The zero-order chi connectivity index (χ0) is 36.3. The Kier molecular flexibility index (Phi) is 10.2. The van der Waals surface area contributed by atoms with Crippen LogP contribution in [0.5, 0.6) is 0 Å². The fourth-order valence-corrected chi connectivity index (χ4v) is 7.41. The summed E-state index contributed by atoms with van der Waals surface area (Å²) in [6.07, 6.45) is -8.15. The molecule has 2 amide bonds. The molecule has 0 saturated carbocycles. The maximum Gasteiger partial charge on any atom is 0.309 e. The van der Waals surface area contributed by atoms with E-state index in [4.69, 9.17) is 9.47 Å². The molecule has 2 aliphatic heterocycles. The van der Waals surface area contributed by atoms with Gasteiger partial charge in [-0.15, -0.1) is 0 Å². The third-order valence-corrected chi connectivity index (χ3v) is 9.97. The summed E-state index contributed by atoms with van der Waals surface area (Å²) in [5.41, 5.74) is -5.96. The first kappa shape index (κ1) is 36.1. The molecule has 2 saturated heterocycles. The summed E-state index contributed by atoms with van der Waals surface area (Å²) in [5.74, 6) is -5.21. The van der Waals surface area contributed by atoms with E-state index in [9.17, 15) is 39.9 Å². The highest BCUT2D eigenvalue weighted by molar-refractivity contribution is 6.05. The number of ether oxygens (including phenoxy) is 2. The second kappa shape index (κ2) is 14.5. The number of hydrogen-bond donors (Lipinski definition) is 6. The van der Waals surface area contributed by atoms with E-state index >= 15 is 0 Å². The molecular formula is C40H41NO10. The van der Waals surface area contributed by atoms with Crippen molar-refractivity contribution >= 4 is 17.8 Å². The van der Waals surface area contributed by atoms with Crippen LogP contribution in [0.3, 0.4) is 0 Å². The molecule has 6 rings (SSSR count). The topological polar surface area (TPSA) is 183 Å². The average Bonchev–Trinajstić information content (AvgIpc) is 3.43. The third-order valence-electron chi connectivity index (χ3n) is 9.97. The van der Waals surface area contributed by atoms with Crippen molar-refractivity contribution in [3.05, 3.63) is 144 Å². The van der Waals surface area contributed by atoms with Gasteiger partial charge in [0.05, 0.1) is 18.9 Å². The number of aliphatic hydroxyl groups is 5. The molecule has 2 heterocycles. The molecule has 0 aliphatic carbocycles. The molecule has 2 aliphatic rings. The van der Waals surface area contributed by atoms with Crippen molar-refractivity contribution in [2.75, 3.05) is 0 Å². The molecule has 2 fully saturated rings. The van der Waals surface area contributed by atoms with Crippen LogP contribution in [-0.2, 0) is 49.5 Å². The molecule has 0 aromatic heterocycles. The maximum absolute atomic E-state index is 13.4. The lowest BCUT2D eigenvalue weighted by Gasteiger charge is -2.65. The van der Waals surface area contributed by atoms with Gasteiger partial charge in [0, 0.05) is 25.7 Å². The van der Waals surface area contributed by atoms with Crippen LogP contribution < -0.4 is 5.32 Å². The molecule has 51 heavy (non-hydrogen) atoms. The van der Waals surface area contributed by atoms with Crippen molar-refractivity contribution in [2.45, 2.75) is 79.4 Å². The minimum atomic E-state index is -2.69. The molecule has 0 bridgehead atoms. The summed E-state index contributed by atoms with van der Waals surface area (Å²) < 4.78 is 11.6. The first-order chi connectivity index (χ1) is 24.4. The number of aliphatic hydroxyl groups excluding tert-OH is 1. The van der Waals surface area contributed by atoms with Gasteiger partial charge in [-0.3, -0.25) is 19.7 Å². The van der Waals surface area contributed by atoms with Crippen LogP contribution in [0.25, 0.3) is 0 Å². The lowest BCUT2D eigenvalue weighted by atomic mass is 9.55. The van der Waals surface area contributed by atoms with Gasteiger partial charge in [0.2, 0.25) is 11.7 Å². The number of hydrogen-bond acceptors (Lipinski definition) is 10. The zero-order valence-corrected chi connectivity index (χ0v) is 27.8. The third kappa shape index (κ3) is 7.09. The minimum absolute atomic E-state index is 0.390. The molecule has 4 aromatic rings. The summed E-state index contributed by atoms with van der Waals surface area (Å²) in [5, 5.41) is 66.4. The van der Waals surface area contributed by atoms with Gasteiger partial charge in [0.25, 0.3) is 5.91 Å². The zero-order valence-electron chi connectivity index (χ0n) is 27.8. The predicted octanol–water partition coefficient (Wildman–Crippen LogP) is 1.95. The Morgan fingerprint density at radius 1 is 0.686 bits per heavy atom. The first-order valence-electron chi connectivity index (χ1n) is 16.8. The van der Waals surface area contributed by atoms with Gasteiger partial charge < -0.3 is 35.0 Å². The van der Waals surface area contributed by atoms with E-state index in [1.165, 1.54) is 0 Å². The van der Waals surface area contributed by atoms with E-state index in [2.05, 4.69) is 0 Å². The van der Waals surface area contributed by atoms with Crippen molar-refractivity contribution in [2.24, 2.45) is 0 Å². The van der Waals surface area contributed by atoms with Gasteiger partial charge in [0.15, 0.2) is 11.7 Å². The average molecular weight is 696 g/mol. The Hall–Kier alpha value is -4.75. The number of nitrogens with one attached hydrogen (secondary N) is 1. The number of rotatable bonds is 12. The van der Waals surface area contributed by atoms with Gasteiger partial charge in [-0.05, 0) is 22.3 Å². The number of benzene rings is 4. The number of carbonyl (C=O) groups excluding carboxylic acids is 3. The standard InChI is InChI=1S/C40H41NO10/c42-31(21-34(44)50-32-22-33(43)41-36(32)45)35-37(46,23-27-13-5-1-6-14-27)38(47,24-28-15-7-2-8-16-28)39(48,25-29-17-9-3-10-18-29)40(49,51-35)26-30-19-11-4-12-20-30/h1-20,31-32,35,42,46-49H,21-26H2,(H,41,43,45)/t31?,32?,35-,37-,38+,39-,40-/m1/s1. The molecule has 0 radical (unpaired) electrons. The number of imide groups is 1. The van der Waals surface area contributed by atoms with Crippen LogP contribution in [0.4, 0.5) is 0 Å². The van der Waals surface area contributed by atoms with Crippen LogP contribution in [0.1, 0.15) is 35.1 Å². The Bertz CT molecular complexity index is 1830. The van der Waals surface area contributed by atoms with Crippen LogP contribution in [0.2, 0.25) is 0 Å². The summed E-state index contributed by atoms with van der Waals surface area (Å²) in [7, 11) is 0. The quantitative estimate of drug-likeness (QED) is 0.0947. The van der Waals surface area contributed by atoms with Crippen LogP contribution >= 0.6 is 0 Å². The van der Waals surface area contributed by atoms with E-state index in [1.807, 2.05) is 5.32 Å². The Labute approximate surface area is 295 Å². The van der Waals surface area contributed by atoms with Crippen molar-refractivity contribution in [1.29, 1.82) is 0 Å². The molecule has 11 nitrogen and oxygen atoms in total. The number of amides is 2. The fraction of sp³-hybridized carbons (Fsp3) is 0.325. The van der Waals surface area contributed by atoms with Crippen LogP contribution in [0.15, 0.2) is 121 Å². The SMILES string of the molecule is O=C1CC(OC(=O)CC(O)[C@H]2O[C@](O)(Cc3ccccc3)[C@@](O)(Cc3ccccc3)[C@](O)(Cc3ccccc3)[C@@]2(O)Cc2ccccc2)C(=O)N1. The summed E-state index contributed by atoms with van der Waals surface area (Å²) in [6, 6.07) is 34.5. The van der Waals surface area contributed by atoms with Gasteiger partial charge in [0.1, 0.15) is 17.3 Å². The Morgan fingerprint density at radius 2 is 1.12 bits per heavy atom. The second-order valence-corrected chi connectivity index (χ2v) is 13.5. The van der Waals surface area contributed by atoms with Crippen molar-refractivity contribution in [3.8, 4) is 0 Å². The van der Waals surface area contributed by atoms with Crippen LogP contribution in [0, 0.1) is 0 Å². The van der Waals surface area contributed by atoms with Gasteiger partial charge >= 0.3 is 5.97 Å². The number of esters is 1. The highest BCUT2D eigenvalue weighted by Crippen LogP contribution is 2.54. The highest BCUT2D eigenvalue weighted by Gasteiger charge is 2.77. The largest absolute Gasteiger partial charge is 0.452 e. The monoisotopic (exact) mass is 695 g/mol. The van der Waals surface area contributed by atoms with E-state index in [0.29, 0.717) is 22.3 Å². The van der Waals surface area contributed by atoms with Gasteiger partial charge in [-0.1, -0.05) is 121 Å². The summed E-state index contributed by atoms with van der Waals surface area (Å²) >= 11 is 0. The van der Waals surface area contributed by atoms with Crippen molar-refractivity contribution < 1.29 is 49.4 Å². The first-order valence-corrected chi connectivity index (χ1v) is 16.8. The normalized spacial score (nSPS) is 29.7. The molecule has 7 atom stereocenters. The van der Waals surface area contributed by atoms with E-state index in [-0.39, 0.29) is 0 Å². The second-order valence-electron chi connectivity index (χ2n) is 13.5. The van der Waals surface area contributed by atoms with E-state index < -0.39 is 97.2 Å². The van der Waals surface area contributed by atoms with Crippen molar-refractivity contribution in [3.63, 3.8) is 0 Å². The maximum atomic E-state index is 13.4. The summed E-state index contributed by atoms with van der Waals surface area (Å²) in [4.78, 5) is 37.0. The lowest BCUT2D eigenvalue weighted by Crippen LogP contribution is -2.87. The molecule has 0 spiro atoms. The minimum Gasteiger partial charge on any atom is -0.452 e. The van der Waals surface area contributed by atoms with Gasteiger partial charge in [-0.25, -0.2) is 0 Å². The van der Waals surface area contributed by atoms with E-state index in [1.54, 1.807) is 121 Å². The Morgan fingerprint density at radius 3 is 1.57 bits per heavy atom. The van der Waals surface area contributed by atoms with Crippen molar-refractivity contribution in [1.82, 2.24) is 5.32 Å². The molecule has 6 N–H and O–H groups in total. The highest BCUT2D eigenvalue weighted by atomic mass is 16.7. The molecule has 4 aromatic carbocycles. The predicted molar refractivity (Wildman–Crippen MR) is 184 cm³/mol. The van der Waals surface area contributed by atoms with Gasteiger partial charge in [-0.2, -0.15) is 0 Å². The summed E-state index contributed by atoms with van der Waals surface area (Å²) in [6.45, 7) is 0.